The highest BCUT2D eigenvalue weighted by molar-refractivity contribution is 6.11. The van der Waals surface area contributed by atoms with E-state index >= 15 is 0 Å². The molecular weight excluding hydrogens is 538 g/mol. The molecule has 0 N–H and O–H groups in total. The summed E-state index contributed by atoms with van der Waals surface area (Å²) in [5.41, 5.74) is 8.31. The molecule has 0 saturated heterocycles. The lowest BCUT2D eigenvalue weighted by Gasteiger charge is -2.11. The molecule has 7 rings (SSSR count). The van der Waals surface area contributed by atoms with Crippen molar-refractivity contribution in [3.8, 4) is 33.9 Å². The van der Waals surface area contributed by atoms with Crippen LogP contribution in [0.5, 0.6) is 0 Å². The number of allylic oxidation sites excluding steroid dienone is 5. The minimum absolute atomic E-state index is 0.503. The first kappa shape index (κ1) is 27.0. The van der Waals surface area contributed by atoms with Crippen LogP contribution in [0.2, 0.25) is 0 Å². The Bertz CT molecular complexity index is 2180. The first-order valence-corrected chi connectivity index (χ1v) is 14.6. The van der Waals surface area contributed by atoms with Gasteiger partial charge < -0.3 is 4.42 Å². The number of hydrogen-bond donors (Lipinski definition) is 0. The standard InChI is InChI=1S/C40H29N3O/c1-3-28(29-15-7-4-8-16-29)24-23-27(2)38-41-39(31-19-11-6-12-20-31)43-40(42-38)35-26-32(30-17-9-5-10-18-30)25-34-33-21-13-14-22-36(33)44-37(34)35/h3-26H,2H2,1H3/b24-23-,28-3+. The Kier molecular flexibility index (Phi) is 7.23. The zero-order valence-electron chi connectivity index (χ0n) is 24.3. The van der Waals surface area contributed by atoms with E-state index in [9.17, 15) is 0 Å². The zero-order valence-corrected chi connectivity index (χ0v) is 24.3. The molecule has 0 saturated carbocycles. The van der Waals surface area contributed by atoms with Gasteiger partial charge in [0.1, 0.15) is 11.2 Å². The second-order valence-corrected chi connectivity index (χ2v) is 10.5. The van der Waals surface area contributed by atoms with Crippen molar-refractivity contribution in [2.75, 3.05) is 0 Å². The van der Waals surface area contributed by atoms with E-state index in [1.54, 1.807) is 0 Å². The van der Waals surface area contributed by atoms with Crippen LogP contribution in [0.15, 0.2) is 157 Å². The molecule has 2 aromatic heterocycles. The van der Waals surface area contributed by atoms with Crippen LogP contribution >= 0.6 is 0 Å². The summed E-state index contributed by atoms with van der Waals surface area (Å²) in [6.45, 7) is 6.40. The highest BCUT2D eigenvalue weighted by atomic mass is 16.3. The van der Waals surface area contributed by atoms with Crippen molar-refractivity contribution in [2.45, 2.75) is 6.92 Å². The summed E-state index contributed by atoms with van der Waals surface area (Å²) in [4.78, 5) is 14.9. The fraction of sp³-hybridized carbons (Fsp3) is 0.0250. The van der Waals surface area contributed by atoms with Crippen LogP contribution in [0.4, 0.5) is 0 Å². The molecule has 0 aliphatic rings. The molecule has 0 amide bonds. The molecule has 0 unspecified atom stereocenters. The van der Waals surface area contributed by atoms with Gasteiger partial charge in [-0.1, -0.05) is 134 Å². The first-order chi connectivity index (χ1) is 21.7. The minimum Gasteiger partial charge on any atom is -0.455 e. The maximum atomic E-state index is 6.47. The van der Waals surface area contributed by atoms with E-state index in [1.807, 2.05) is 97.9 Å². The molecule has 0 bridgehead atoms. The number of fused-ring (bicyclic) bond motifs is 3. The van der Waals surface area contributed by atoms with E-state index in [4.69, 9.17) is 19.4 Å². The van der Waals surface area contributed by atoms with Crippen molar-refractivity contribution in [1.29, 1.82) is 0 Å². The third-order valence-electron chi connectivity index (χ3n) is 7.66. The number of benzene rings is 5. The fourth-order valence-electron chi connectivity index (χ4n) is 5.40. The molecule has 4 nitrogen and oxygen atoms in total. The first-order valence-electron chi connectivity index (χ1n) is 14.6. The quantitative estimate of drug-likeness (QED) is 0.180. The molecule has 2 heterocycles. The van der Waals surface area contributed by atoms with Gasteiger partial charge in [-0.25, -0.2) is 15.0 Å². The van der Waals surface area contributed by atoms with E-state index in [0.717, 1.165) is 55.3 Å². The van der Waals surface area contributed by atoms with Crippen LogP contribution in [0.25, 0.3) is 67.0 Å². The Hall–Kier alpha value is -5.87. The topological polar surface area (TPSA) is 51.8 Å². The molecular formula is C40H29N3O. The third kappa shape index (κ3) is 5.25. The van der Waals surface area contributed by atoms with Crippen LogP contribution in [0, 0.1) is 0 Å². The number of rotatable bonds is 7. The maximum absolute atomic E-state index is 6.47. The van der Waals surface area contributed by atoms with Gasteiger partial charge in [0.25, 0.3) is 0 Å². The summed E-state index contributed by atoms with van der Waals surface area (Å²) >= 11 is 0. The predicted molar refractivity (Wildman–Crippen MR) is 182 cm³/mol. The average Bonchev–Trinajstić information content (AvgIpc) is 3.48. The van der Waals surface area contributed by atoms with Gasteiger partial charge in [0.15, 0.2) is 17.5 Å². The lowest BCUT2D eigenvalue weighted by atomic mass is 9.99. The summed E-state index contributed by atoms with van der Waals surface area (Å²) in [6.07, 6.45) is 6.10. The van der Waals surface area contributed by atoms with Gasteiger partial charge in [-0.05, 0) is 47.4 Å². The van der Waals surface area contributed by atoms with Crippen LogP contribution in [0.1, 0.15) is 18.3 Å². The van der Waals surface area contributed by atoms with Crippen molar-refractivity contribution in [3.05, 3.63) is 164 Å². The summed E-state index contributed by atoms with van der Waals surface area (Å²) in [5, 5.41) is 2.06. The largest absolute Gasteiger partial charge is 0.455 e. The third-order valence-corrected chi connectivity index (χ3v) is 7.66. The molecule has 210 valence electrons. The van der Waals surface area contributed by atoms with Crippen molar-refractivity contribution in [2.24, 2.45) is 0 Å². The molecule has 0 spiro atoms. The van der Waals surface area contributed by atoms with Gasteiger partial charge >= 0.3 is 0 Å². The Labute approximate surface area is 256 Å². The van der Waals surface area contributed by atoms with Gasteiger partial charge in [0.05, 0.1) is 5.56 Å². The van der Waals surface area contributed by atoms with Gasteiger partial charge in [0, 0.05) is 21.9 Å². The molecule has 5 aromatic carbocycles. The lowest BCUT2D eigenvalue weighted by molar-refractivity contribution is 0.669. The molecule has 0 atom stereocenters. The molecule has 0 aliphatic carbocycles. The predicted octanol–water partition coefficient (Wildman–Crippen LogP) is 10.4. The normalized spacial score (nSPS) is 11.9. The smallest absolute Gasteiger partial charge is 0.167 e. The van der Waals surface area contributed by atoms with Gasteiger partial charge in [-0.2, -0.15) is 0 Å². The van der Waals surface area contributed by atoms with Crippen LogP contribution in [-0.4, -0.2) is 15.0 Å². The maximum Gasteiger partial charge on any atom is 0.167 e. The monoisotopic (exact) mass is 567 g/mol. The van der Waals surface area contributed by atoms with Crippen LogP contribution in [0.3, 0.4) is 0 Å². The Morgan fingerprint density at radius 2 is 1.25 bits per heavy atom. The van der Waals surface area contributed by atoms with E-state index in [-0.39, 0.29) is 0 Å². The summed E-state index contributed by atoms with van der Waals surface area (Å²) in [7, 11) is 0. The van der Waals surface area contributed by atoms with Crippen molar-refractivity contribution < 1.29 is 4.42 Å². The van der Waals surface area contributed by atoms with Gasteiger partial charge in [-0.15, -0.1) is 0 Å². The van der Waals surface area contributed by atoms with Gasteiger partial charge in [-0.3, -0.25) is 0 Å². The SMILES string of the molecule is C=C(/C=C\C(=C/C)c1ccccc1)c1nc(-c2ccccc2)nc(-c2cc(-c3ccccc3)cc3c2oc2ccccc23)n1. The van der Waals surface area contributed by atoms with Crippen molar-refractivity contribution in [1.82, 2.24) is 15.0 Å². The molecule has 0 fully saturated rings. The Balaban J connectivity index is 1.42. The minimum atomic E-state index is 0.503. The summed E-state index contributed by atoms with van der Waals surface area (Å²) in [6, 6.07) is 43.0. The molecule has 0 radical (unpaired) electrons. The highest BCUT2D eigenvalue weighted by Crippen LogP contribution is 2.39. The Morgan fingerprint density at radius 1 is 0.614 bits per heavy atom. The van der Waals surface area contributed by atoms with Crippen LogP contribution in [-0.2, 0) is 0 Å². The number of hydrogen-bond acceptors (Lipinski definition) is 4. The average molecular weight is 568 g/mol. The van der Waals surface area contributed by atoms with Crippen molar-refractivity contribution in [3.63, 3.8) is 0 Å². The zero-order chi connectivity index (χ0) is 29.9. The van der Waals surface area contributed by atoms with E-state index in [2.05, 4.69) is 61.2 Å². The van der Waals surface area contributed by atoms with E-state index in [0.29, 0.717) is 23.0 Å². The molecule has 0 aliphatic heterocycles. The highest BCUT2D eigenvalue weighted by Gasteiger charge is 2.19. The second-order valence-electron chi connectivity index (χ2n) is 10.5. The van der Waals surface area contributed by atoms with E-state index < -0.39 is 0 Å². The second kappa shape index (κ2) is 11.8. The number of furan rings is 1. The van der Waals surface area contributed by atoms with Gasteiger partial charge in [0.2, 0.25) is 0 Å². The van der Waals surface area contributed by atoms with Crippen molar-refractivity contribution >= 4 is 33.1 Å². The molecule has 44 heavy (non-hydrogen) atoms. The molecule has 4 heteroatoms. The number of nitrogens with zero attached hydrogens (tertiary/aromatic N) is 3. The summed E-state index contributed by atoms with van der Waals surface area (Å²) < 4.78 is 6.47. The number of aromatic nitrogens is 3. The van der Waals surface area contributed by atoms with E-state index in [1.165, 1.54) is 0 Å². The summed E-state index contributed by atoms with van der Waals surface area (Å²) in [5.74, 6) is 1.60. The molecule has 7 aromatic rings. The van der Waals surface area contributed by atoms with Crippen LogP contribution < -0.4 is 0 Å². The number of para-hydroxylation sites is 1. The fourth-order valence-corrected chi connectivity index (χ4v) is 5.40. The lowest BCUT2D eigenvalue weighted by Crippen LogP contribution is -2.02. The Morgan fingerprint density at radius 3 is 1.98 bits per heavy atom.